The lowest BCUT2D eigenvalue weighted by atomic mass is 10.0. The van der Waals surface area contributed by atoms with Crippen molar-refractivity contribution in [3.63, 3.8) is 0 Å². The summed E-state index contributed by atoms with van der Waals surface area (Å²) in [5, 5.41) is 2.93. The first kappa shape index (κ1) is 23.5. The van der Waals surface area contributed by atoms with E-state index in [1.807, 2.05) is 0 Å². The number of halogens is 3. The average Bonchev–Trinajstić information content (AvgIpc) is 3.12. The SMILES string of the molecule is COC(=O)c1ccc(-c2cc(C(F)(F)F)c3sc(CNC(=O)OC(C)(C)C)cc3c2)nc1. The number of carbonyl (C=O) groups excluding carboxylic acids is 2. The number of fused-ring (bicyclic) bond motifs is 1. The summed E-state index contributed by atoms with van der Waals surface area (Å²) in [4.78, 5) is 28.1. The van der Waals surface area contributed by atoms with Gasteiger partial charge in [-0.2, -0.15) is 13.2 Å². The molecule has 0 aliphatic rings. The van der Waals surface area contributed by atoms with Gasteiger partial charge in [-0.25, -0.2) is 9.59 Å². The third-order valence-corrected chi connectivity index (χ3v) is 5.44. The highest BCUT2D eigenvalue weighted by molar-refractivity contribution is 7.19. The molecule has 0 saturated carbocycles. The Morgan fingerprint density at radius 3 is 2.41 bits per heavy atom. The zero-order valence-corrected chi connectivity index (χ0v) is 18.6. The van der Waals surface area contributed by atoms with Crippen LogP contribution in [0.5, 0.6) is 0 Å². The standard InChI is InChI=1S/C22H21F3N2O4S/c1-21(2,3)31-20(29)27-11-15-8-14-7-13(9-16(18(14)32-15)22(23,24)25)17-6-5-12(10-26-17)19(28)30-4/h5-10H,11H2,1-4H3,(H,27,29). The van der Waals surface area contributed by atoms with E-state index >= 15 is 0 Å². The number of methoxy groups -OCH3 is 1. The normalized spacial score (nSPS) is 12.0. The summed E-state index contributed by atoms with van der Waals surface area (Å²) in [5.41, 5.74) is -0.744. The molecule has 1 aromatic carbocycles. The monoisotopic (exact) mass is 466 g/mol. The quantitative estimate of drug-likeness (QED) is 0.492. The third-order valence-electron chi connectivity index (χ3n) is 4.26. The molecule has 3 aromatic rings. The molecule has 32 heavy (non-hydrogen) atoms. The molecular formula is C22H21F3N2O4S. The van der Waals surface area contributed by atoms with Gasteiger partial charge in [0.1, 0.15) is 5.60 Å². The number of esters is 1. The van der Waals surface area contributed by atoms with Gasteiger partial charge in [-0.05, 0) is 56.5 Å². The fourth-order valence-corrected chi connectivity index (χ4v) is 4.04. The van der Waals surface area contributed by atoms with E-state index in [0.717, 1.165) is 17.4 Å². The van der Waals surface area contributed by atoms with Crippen LogP contribution in [0.1, 0.15) is 41.6 Å². The van der Waals surface area contributed by atoms with Crippen LogP contribution < -0.4 is 5.32 Å². The summed E-state index contributed by atoms with van der Waals surface area (Å²) < 4.78 is 51.1. The molecule has 6 nitrogen and oxygen atoms in total. The summed E-state index contributed by atoms with van der Waals surface area (Å²) in [6, 6.07) is 7.13. The Labute approximate surface area is 186 Å². The van der Waals surface area contributed by atoms with Gasteiger partial charge in [0.05, 0.1) is 30.5 Å². The first-order valence-electron chi connectivity index (χ1n) is 9.52. The molecule has 0 spiro atoms. The molecule has 0 aliphatic carbocycles. The lowest BCUT2D eigenvalue weighted by molar-refractivity contribution is -0.136. The number of thiophene rings is 1. The van der Waals surface area contributed by atoms with Crippen molar-refractivity contribution >= 4 is 33.5 Å². The van der Waals surface area contributed by atoms with E-state index in [9.17, 15) is 22.8 Å². The van der Waals surface area contributed by atoms with Crippen molar-refractivity contribution in [3.05, 3.63) is 52.5 Å². The van der Waals surface area contributed by atoms with Crippen LogP contribution in [0.3, 0.4) is 0 Å². The number of hydrogen-bond acceptors (Lipinski definition) is 6. The van der Waals surface area contributed by atoms with Crippen molar-refractivity contribution in [2.24, 2.45) is 0 Å². The Bertz CT molecular complexity index is 1150. The highest BCUT2D eigenvalue weighted by Gasteiger charge is 2.34. The zero-order chi connectivity index (χ0) is 23.7. The maximum Gasteiger partial charge on any atom is 0.417 e. The van der Waals surface area contributed by atoms with Crippen LogP contribution in [-0.4, -0.2) is 29.8 Å². The van der Waals surface area contributed by atoms with Crippen LogP contribution in [0.2, 0.25) is 0 Å². The number of pyridine rings is 1. The number of alkyl carbamates (subject to hydrolysis) is 1. The van der Waals surface area contributed by atoms with E-state index < -0.39 is 29.4 Å². The van der Waals surface area contributed by atoms with Crippen molar-refractivity contribution in [2.45, 2.75) is 39.1 Å². The number of benzene rings is 1. The van der Waals surface area contributed by atoms with E-state index in [2.05, 4.69) is 15.0 Å². The summed E-state index contributed by atoms with van der Waals surface area (Å²) in [7, 11) is 1.23. The molecule has 3 rings (SSSR count). The lowest BCUT2D eigenvalue weighted by Crippen LogP contribution is -2.31. The molecule has 0 bridgehead atoms. The molecule has 0 fully saturated rings. The molecule has 170 valence electrons. The van der Waals surface area contributed by atoms with Gasteiger partial charge in [-0.15, -0.1) is 11.3 Å². The highest BCUT2D eigenvalue weighted by atomic mass is 32.1. The second kappa shape index (κ2) is 8.78. The van der Waals surface area contributed by atoms with E-state index in [4.69, 9.17) is 4.74 Å². The fraction of sp³-hybridized carbons (Fsp3) is 0.318. The number of nitrogens with one attached hydrogen (secondary N) is 1. The van der Waals surface area contributed by atoms with Crippen LogP contribution in [0.25, 0.3) is 21.3 Å². The van der Waals surface area contributed by atoms with E-state index in [1.54, 1.807) is 32.9 Å². The molecule has 0 saturated heterocycles. The van der Waals surface area contributed by atoms with Gasteiger partial charge in [-0.3, -0.25) is 4.98 Å². The number of carbonyl (C=O) groups is 2. The fourth-order valence-electron chi connectivity index (χ4n) is 2.93. The number of nitrogens with zero attached hydrogens (tertiary/aromatic N) is 1. The summed E-state index contributed by atoms with van der Waals surface area (Å²) in [5.74, 6) is -0.588. The van der Waals surface area contributed by atoms with Crippen LogP contribution in [0.4, 0.5) is 18.0 Å². The molecule has 0 aliphatic heterocycles. The predicted molar refractivity (Wildman–Crippen MR) is 114 cm³/mol. The number of alkyl halides is 3. The van der Waals surface area contributed by atoms with Gasteiger partial charge in [0, 0.05) is 21.3 Å². The van der Waals surface area contributed by atoms with Crippen LogP contribution in [-0.2, 0) is 22.2 Å². The molecular weight excluding hydrogens is 445 g/mol. The largest absolute Gasteiger partial charge is 0.465 e. The smallest absolute Gasteiger partial charge is 0.417 e. The molecule has 2 heterocycles. The maximum atomic E-state index is 13.8. The Kier molecular flexibility index (Phi) is 6.45. The van der Waals surface area contributed by atoms with Crippen molar-refractivity contribution < 1.29 is 32.2 Å². The Hall–Kier alpha value is -3.14. The number of ether oxygens (including phenoxy) is 2. The second-order valence-electron chi connectivity index (χ2n) is 7.93. The number of aromatic nitrogens is 1. The highest BCUT2D eigenvalue weighted by Crippen LogP contribution is 2.41. The van der Waals surface area contributed by atoms with Crippen molar-refractivity contribution in [1.29, 1.82) is 0 Å². The van der Waals surface area contributed by atoms with Gasteiger partial charge >= 0.3 is 18.2 Å². The van der Waals surface area contributed by atoms with E-state index in [-0.39, 0.29) is 28.1 Å². The molecule has 10 heteroatoms. The van der Waals surface area contributed by atoms with E-state index in [0.29, 0.717) is 10.3 Å². The van der Waals surface area contributed by atoms with E-state index in [1.165, 1.54) is 25.4 Å². The number of rotatable bonds is 4. The average molecular weight is 466 g/mol. The minimum absolute atomic E-state index is 0.0347. The van der Waals surface area contributed by atoms with Gasteiger partial charge in [0.15, 0.2) is 0 Å². The maximum absolute atomic E-state index is 13.8. The first-order valence-corrected chi connectivity index (χ1v) is 10.3. The Balaban J connectivity index is 1.95. The van der Waals surface area contributed by atoms with Crippen LogP contribution in [0.15, 0.2) is 36.5 Å². The van der Waals surface area contributed by atoms with Gasteiger partial charge in [0.2, 0.25) is 0 Å². The molecule has 0 atom stereocenters. The lowest BCUT2D eigenvalue weighted by Gasteiger charge is -2.19. The van der Waals surface area contributed by atoms with Crippen LogP contribution >= 0.6 is 11.3 Å². The Morgan fingerprint density at radius 1 is 1.12 bits per heavy atom. The Morgan fingerprint density at radius 2 is 1.84 bits per heavy atom. The van der Waals surface area contributed by atoms with Crippen molar-refractivity contribution in [1.82, 2.24) is 10.3 Å². The van der Waals surface area contributed by atoms with Gasteiger partial charge < -0.3 is 14.8 Å². The van der Waals surface area contributed by atoms with Crippen molar-refractivity contribution in [3.8, 4) is 11.3 Å². The molecule has 0 unspecified atom stereocenters. The topological polar surface area (TPSA) is 77.5 Å². The molecule has 0 radical (unpaired) electrons. The third kappa shape index (κ3) is 5.56. The van der Waals surface area contributed by atoms with Crippen molar-refractivity contribution in [2.75, 3.05) is 7.11 Å². The summed E-state index contributed by atoms with van der Waals surface area (Å²) in [6.45, 7) is 5.19. The summed E-state index contributed by atoms with van der Waals surface area (Å²) >= 11 is 0.952. The number of amides is 1. The minimum atomic E-state index is -4.58. The second-order valence-corrected chi connectivity index (χ2v) is 9.07. The minimum Gasteiger partial charge on any atom is -0.465 e. The molecule has 2 aromatic heterocycles. The van der Waals surface area contributed by atoms with Gasteiger partial charge in [-0.1, -0.05) is 0 Å². The van der Waals surface area contributed by atoms with Gasteiger partial charge in [0.25, 0.3) is 0 Å². The first-order chi connectivity index (χ1) is 14.9. The van der Waals surface area contributed by atoms with Crippen LogP contribution in [0, 0.1) is 0 Å². The predicted octanol–water partition coefficient (Wildman–Crippen LogP) is 5.79. The molecule has 1 amide bonds. The zero-order valence-electron chi connectivity index (χ0n) is 17.8. The summed E-state index contributed by atoms with van der Waals surface area (Å²) in [6.07, 6.45) is -3.98. The number of hydrogen-bond donors (Lipinski definition) is 1. The molecule has 1 N–H and O–H groups in total.